The van der Waals surface area contributed by atoms with Crippen LogP contribution in [0.5, 0.6) is 0 Å². The van der Waals surface area contributed by atoms with E-state index in [0.717, 1.165) is 4.47 Å². The van der Waals surface area contributed by atoms with Crippen LogP contribution in [0.1, 0.15) is 0 Å². The van der Waals surface area contributed by atoms with Crippen LogP contribution in [0.25, 0.3) is 10.8 Å². The summed E-state index contributed by atoms with van der Waals surface area (Å²) < 4.78 is 1.14. The van der Waals surface area contributed by atoms with Crippen molar-refractivity contribution in [2.75, 3.05) is 0 Å². The zero-order valence-corrected chi connectivity index (χ0v) is 12.0. The highest BCUT2D eigenvalue weighted by molar-refractivity contribution is 9.10. The van der Waals surface area contributed by atoms with Gasteiger partial charge in [-0.2, -0.15) is 0 Å². The number of hydrogen-bond donors (Lipinski definition) is 0. The third-order valence-corrected chi connectivity index (χ3v) is 4.91. The van der Waals surface area contributed by atoms with E-state index in [1.807, 2.05) is 6.07 Å². The molecule has 0 radical (unpaired) electrons. The van der Waals surface area contributed by atoms with Crippen molar-refractivity contribution in [3.05, 3.63) is 71.2 Å². The Bertz CT molecular complexity index is 686. The monoisotopic (exact) mass is 314 g/mol. The molecule has 0 saturated carbocycles. The molecule has 0 aliphatic rings. The van der Waals surface area contributed by atoms with Gasteiger partial charge in [-0.25, -0.2) is 0 Å². The van der Waals surface area contributed by atoms with Gasteiger partial charge in [-0.05, 0) is 44.9 Å². The van der Waals surface area contributed by atoms with Gasteiger partial charge in [0.25, 0.3) is 0 Å². The maximum absolute atomic E-state index is 3.60. The Morgan fingerprint density at radius 3 is 2.22 bits per heavy atom. The highest BCUT2D eigenvalue weighted by Gasteiger charge is 2.04. The molecular formula is C16H11BrS. The lowest BCUT2D eigenvalue weighted by atomic mass is 10.1. The van der Waals surface area contributed by atoms with Crippen molar-refractivity contribution >= 4 is 38.5 Å². The zero-order chi connectivity index (χ0) is 12.4. The van der Waals surface area contributed by atoms with Gasteiger partial charge in [-0.3, -0.25) is 0 Å². The molecule has 18 heavy (non-hydrogen) atoms. The van der Waals surface area contributed by atoms with Crippen molar-refractivity contribution in [3.8, 4) is 0 Å². The molecule has 0 heterocycles. The molecule has 0 N–H and O–H groups in total. The molecule has 0 fully saturated rings. The van der Waals surface area contributed by atoms with Crippen LogP contribution in [0.2, 0.25) is 0 Å². The van der Waals surface area contributed by atoms with E-state index in [2.05, 4.69) is 76.6 Å². The Kier molecular flexibility index (Phi) is 3.39. The van der Waals surface area contributed by atoms with E-state index in [-0.39, 0.29) is 0 Å². The van der Waals surface area contributed by atoms with Gasteiger partial charge in [0.1, 0.15) is 0 Å². The van der Waals surface area contributed by atoms with Crippen LogP contribution in [-0.4, -0.2) is 0 Å². The molecule has 0 bridgehead atoms. The first kappa shape index (κ1) is 11.8. The first-order valence-electron chi connectivity index (χ1n) is 5.75. The molecule has 0 saturated heterocycles. The van der Waals surface area contributed by atoms with E-state index in [4.69, 9.17) is 0 Å². The molecule has 0 atom stereocenters. The molecule has 3 aromatic rings. The van der Waals surface area contributed by atoms with Crippen molar-refractivity contribution in [3.63, 3.8) is 0 Å². The Balaban J connectivity index is 2.08. The lowest BCUT2D eigenvalue weighted by Gasteiger charge is -2.07. The van der Waals surface area contributed by atoms with E-state index in [9.17, 15) is 0 Å². The van der Waals surface area contributed by atoms with Gasteiger partial charge in [0.2, 0.25) is 0 Å². The van der Waals surface area contributed by atoms with Gasteiger partial charge in [0.05, 0.1) is 0 Å². The summed E-state index contributed by atoms with van der Waals surface area (Å²) in [6.07, 6.45) is 0. The van der Waals surface area contributed by atoms with Crippen LogP contribution in [0.4, 0.5) is 0 Å². The number of hydrogen-bond acceptors (Lipinski definition) is 1. The van der Waals surface area contributed by atoms with E-state index in [0.29, 0.717) is 0 Å². The first-order valence-corrected chi connectivity index (χ1v) is 7.36. The Labute approximate surface area is 119 Å². The van der Waals surface area contributed by atoms with Gasteiger partial charge in [-0.15, -0.1) is 0 Å². The molecule has 0 spiro atoms. The summed E-state index contributed by atoms with van der Waals surface area (Å²) in [5.41, 5.74) is 0. The minimum atomic E-state index is 1.14. The predicted octanol–water partition coefficient (Wildman–Crippen LogP) is 5.75. The lowest BCUT2D eigenvalue weighted by molar-refractivity contribution is 1.39. The van der Waals surface area contributed by atoms with Crippen molar-refractivity contribution in [2.45, 2.75) is 9.79 Å². The second-order valence-electron chi connectivity index (χ2n) is 4.01. The molecule has 0 unspecified atom stereocenters. The maximum atomic E-state index is 3.60. The Morgan fingerprint density at radius 1 is 0.667 bits per heavy atom. The summed E-state index contributed by atoms with van der Waals surface area (Å²) >= 11 is 5.39. The fourth-order valence-electron chi connectivity index (χ4n) is 1.93. The van der Waals surface area contributed by atoms with Crippen LogP contribution in [0.15, 0.2) is 81.0 Å². The maximum Gasteiger partial charge on any atom is 0.0314 e. The molecule has 2 heteroatoms. The standard InChI is InChI=1S/C16H11BrS/c17-14-9-3-4-10-16(14)18-15-11-5-7-12-6-1-2-8-13(12)15/h1-11H. The molecule has 0 aromatic heterocycles. The number of benzene rings is 3. The van der Waals surface area contributed by atoms with Crippen molar-refractivity contribution in [2.24, 2.45) is 0 Å². The molecular weight excluding hydrogens is 304 g/mol. The molecule has 3 aromatic carbocycles. The van der Waals surface area contributed by atoms with Crippen molar-refractivity contribution < 1.29 is 0 Å². The summed E-state index contributed by atoms with van der Waals surface area (Å²) in [5.74, 6) is 0. The second kappa shape index (κ2) is 5.17. The molecule has 0 amide bonds. The van der Waals surface area contributed by atoms with Gasteiger partial charge >= 0.3 is 0 Å². The van der Waals surface area contributed by atoms with E-state index in [1.165, 1.54) is 20.6 Å². The summed E-state index contributed by atoms with van der Waals surface area (Å²) in [6.45, 7) is 0. The van der Waals surface area contributed by atoms with Gasteiger partial charge in [0, 0.05) is 14.3 Å². The highest BCUT2D eigenvalue weighted by atomic mass is 79.9. The van der Waals surface area contributed by atoms with E-state index >= 15 is 0 Å². The van der Waals surface area contributed by atoms with Crippen molar-refractivity contribution in [1.29, 1.82) is 0 Å². The summed E-state index contributed by atoms with van der Waals surface area (Å²) in [6, 6.07) is 23.3. The summed E-state index contributed by atoms with van der Waals surface area (Å²) in [7, 11) is 0. The number of rotatable bonds is 2. The second-order valence-corrected chi connectivity index (χ2v) is 5.95. The average Bonchev–Trinajstić information content (AvgIpc) is 2.42. The molecule has 0 aliphatic carbocycles. The third kappa shape index (κ3) is 2.31. The first-order chi connectivity index (χ1) is 8.84. The van der Waals surface area contributed by atoms with Gasteiger partial charge < -0.3 is 0 Å². The van der Waals surface area contributed by atoms with Crippen LogP contribution >= 0.6 is 27.7 Å². The summed E-state index contributed by atoms with van der Waals surface area (Å²) in [4.78, 5) is 2.54. The van der Waals surface area contributed by atoms with Crippen LogP contribution in [0.3, 0.4) is 0 Å². The largest absolute Gasteiger partial charge is 0.0883 e. The smallest absolute Gasteiger partial charge is 0.0314 e. The van der Waals surface area contributed by atoms with Crippen molar-refractivity contribution in [1.82, 2.24) is 0 Å². The van der Waals surface area contributed by atoms with Crippen LogP contribution in [-0.2, 0) is 0 Å². The molecule has 0 nitrogen and oxygen atoms in total. The predicted molar refractivity (Wildman–Crippen MR) is 82.2 cm³/mol. The van der Waals surface area contributed by atoms with Gasteiger partial charge in [0.15, 0.2) is 0 Å². The number of fused-ring (bicyclic) bond motifs is 1. The fraction of sp³-hybridized carbons (Fsp3) is 0. The summed E-state index contributed by atoms with van der Waals surface area (Å²) in [5, 5.41) is 2.59. The minimum Gasteiger partial charge on any atom is -0.0883 e. The van der Waals surface area contributed by atoms with E-state index < -0.39 is 0 Å². The fourth-order valence-corrected chi connectivity index (χ4v) is 3.45. The minimum absolute atomic E-state index is 1.14. The normalized spacial score (nSPS) is 10.7. The molecule has 88 valence electrons. The average molecular weight is 315 g/mol. The van der Waals surface area contributed by atoms with Gasteiger partial charge in [-0.1, -0.05) is 60.3 Å². The Hall–Kier alpha value is -1.25. The topological polar surface area (TPSA) is 0 Å². The van der Waals surface area contributed by atoms with Crippen LogP contribution in [0, 0.1) is 0 Å². The molecule has 0 aliphatic heterocycles. The zero-order valence-electron chi connectivity index (χ0n) is 9.64. The van der Waals surface area contributed by atoms with Crippen LogP contribution < -0.4 is 0 Å². The number of halogens is 1. The Morgan fingerprint density at radius 2 is 1.33 bits per heavy atom. The molecule has 3 rings (SSSR count). The quantitative estimate of drug-likeness (QED) is 0.580. The highest BCUT2D eigenvalue weighted by Crippen LogP contribution is 2.36. The van der Waals surface area contributed by atoms with E-state index in [1.54, 1.807) is 11.8 Å². The lowest BCUT2D eigenvalue weighted by Crippen LogP contribution is -1.79. The SMILES string of the molecule is Brc1ccccc1Sc1cccc2ccccc12. The third-order valence-electron chi connectivity index (χ3n) is 2.81.